The van der Waals surface area contributed by atoms with Crippen LogP contribution in [-0.4, -0.2) is 88.3 Å². The zero-order valence-electron chi connectivity index (χ0n) is 21.1. The largest absolute Gasteiger partial charge is 0.508 e. The fraction of sp³-hybridized carbons (Fsp3) is 0.522. The van der Waals surface area contributed by atoms with Crippen molar-refractivity contribution in [3.63, 3.8) is 0 Å². The molecule has 13 nitrogen and oxygen atoms in total. The van der Waals surface area contributed by atoms with E-state index in [1.165, 1.54) is 23.9 Å². The number of nitrogens with zero attached hydrogens (tertiary/aromatic N) is 1. The summed E-state index contributed by atoms with van der Waals surface area (Å²) in [5.74, 6) is -2.83. The summed E-state index contributed by atoms with van der Waals surface area (Å²) >= 11 is 5.41. The number of carboxylic acids is 1. The molecule has 38 heavy (non-hydrogen) atoms. The Morgan fingerprint density at radius 2 is 1.53 bits per heavy atom. The van der Waals surface area contributed by atoms with E-state index >= 15 is 0 Å². The van der Waals surface area contributed by atoms with Gasteiger partial charge in [0, 0.05) is 12.3 Å². The molecule has 0 aliphatic rings. The van der Waals surface area contributed by atoms with Crippen LogP contribution >= 0.6 is 24.4 Å². The quantitative estimate of drug-likeness (QED) is 0.0456. The second-order valence-electron chi connectivity index (χ2n) is 8.41. The van der Waals surface area contributed by atoms with Crippen molar-refractivity contribution in [2.24, 2.45) is 22.2 Å². The van der Waals surface area contributed by atoms with Crippen LogP contribution in [0.15, 0.2) is 29.3 Å². The van der Waals surface area contributed by atoms with Gasteiger partial charge in [-0.05, 0) is 55.4 Å². The van der Waals surface area contributed by atoms with Gasteiger partial charge in [-0.3, -0.25) is 19.4 Å². The minimum Gasteiger partial charge on any atom is -0.508 e. The molecule has 0 aliphatic heterocycles. The van der Waals surface area contributed by atoms with Gasteiger partial charge < -0.3 is 43.4 Å². The summed E-state index contributed by atoms with van der Waals surface area (Å²) in [4.78, 5) is 54.0. The van der Waals surface area contributed by atoms with E-state index in [0.29, 0.717) is 12.2 Å². The zero-order valence-corrected chi connectivity index (χ0v) is 22.8. The maximum atomic E-state index is 13.2. The molecule has 1 rings (SSSR count). The number of rotatable bonds is 17. The summed E-state index contributed by atoms with van der Waals surface area (Å²) in [5, 5.41) is 26.3. The molecule has 0 spiro atoms. The number of guanidine groups is 1. The van der Waals surface area contributed by atoms with Gasteiger partial charge in [-0.25, -0.2) is 4.79 Å². The molecule has 1 aromatic rings. The van der Waals surface area contributed by atoms with Gasteiger partial charge >= 0.3 is 5.97 Å². The second kappa shape index (κ2) is 17.4. The van der Waals surface area contributed by atoms with Gasteiger partial charge in [0.1, 0.15) is 23.9 Å². The first-order chi connectivity index (χ1) is 18.0. The monoisotopic (exact) mass is 571 g/mol. The number of phenolic OH excluding ortho intramolecular Hbond substituents is 1. The van der Waals surface area contributed by atoms with Gasteiger partial charge in [0.2, 0.25) is 17.7 Å². The fourth-order valence-electron chi connectivity index (χ4n) is 3.26. The van der Waals surface area contributed by atoms with Crippen LogP contribution in [-0.2, 0) is 25.6 Å². The minimum absolute atomic E-state index is 0.0847. The Hall–Kier alpha value is -3.17. The van der Waals surface area contributed by atoms with Gasteiger partial charge in [-0.2, -0.15) is 24.4 Å². The predicted octanol–water partition coefficient (Wildman–Crippen LogP) is -1.46. The molecular weight excluding hydrogens is 534 g/mol. The molecule has 4 unspecified atom stereocenters. The normalized spacial score (nSPS) is 13.9. The predicted molar refractivity (Wildman–Crippen MR) is 150 cm³/mol. The van der Waals surface area contributed by atoms with Gasteiger partial charge in [-0.1, -0.05) is 12.1 Å². The van der Waals surface area contributed by atoms with E-state index in [9.17, 15) is 29.4 Å². The average Bonchev–Trinajstić information content (AvgIpc) is 2.87. The highest BCUT2D eigenvalue weighted by Crippen LogP contribution is 2.11. The second-order valence-corrected chi connectivity index (χ2v) is 9.76. The van der Waals surface area contributed by atoms with E-state index in [-0.39, 0.29) is 43.3 Å². The highest BCUT2D eigenvalue weighted by Gasteiger charge is 2.29. The van der Waals surface area contributed by atoms with Crippen LogP contribution < -0.4 is 33.2 Å². The van der Waals surface area contributed by atoms with E-state index in [1.807, 2.05) is 6.26 Å². The number of hydrogen-bond donors (Lipinski definition) is 9. The first kappa shape index (κ1) is 32.9. The molecule has 0 aromatic heterocycles. The Morgan fingerprint density at radius 3 is 2.05 bits per heavy atom. The summed E-state index contributed by atoms with van der Waals surface area (Å²) in [7, 11) is 0. The summed E-state index contributed by atoms with van der Waals surface area (Å²) in [6.45, 7) is 0.190. The van der Waals surface area contributed by atoms with Crippen molar-refractivity contribution < 1.29 is 29.4 Å². The van der Waals surface area contributed by atoms with Gasteiger partial charge in [-0.15, -0.1) is 0 Å². The first-order valence-corrected chi connectivity index (χ1v) is 13.8. The Labute approximate surface area is 231 Å². The maximum absolute atomic E-state index is 13.2. The topological polar surface area (TPSA) is 235 Å². The number of carbonyl (C=O) groups is 4. The van der Waals surface area contributed by atoms with Crippen LogP contribution in [0.5, 0.6) is 5.75 Å². The van der Waals surface area contributed by atoms with Crippen LogP contribution in [0.3, 0.4) is 0 Å². The highest BCUT2D eigenvalue weighted by molar-refractivity contribution is 7.98. The summed E-state index contributed by atoms with van der Waals surface area (Å²) in [6.07, 6.45) is 2.71. The van der Waals surface area contributed by atoms with Crippen molar-refractivity contribution in [1.29, 1.82) is 0 Å². The molecule has 1 aromatic carbocycles. The third-order valence-corrected chi connectivity index (χ3v) is 6.36. The van der Waals surface area contributed by atoms with Crippen molar-refractivity contribution in [3.8, 4) is 5.75 Å². The van der Waals surface area contributed by atoms with E-state index in [1.54, 1.807) is 12.1 Å². The number of hydrogen-bond acceptors (Lipinski definition) is 9. The lowest BCUT2D eigenvalue weighted by Crippen LogP contribution is -2.57. The van der Waals surface area contributed by atoms with Crippen molar-refractivity contribution in [1.82, 2.24) is 16.0 Å². The van der Waals surface area contributed by atoms with E-state index < -0.39 is 47.9 Å². The van der Waals surface area contributed by atoms with Crippen LogP contribution in [0, 0.1) is 0 Å². The standard InChI is InChI=1S/C23H37N7O6S2/c1-38-10-8-17(28-19(32)15(24)11-13-4-6-14(31)7-5-13)21(34)29-16(3-2-9-27-23(25)26)20(33)30-18(12-37)22(35)36/h4-7,15-18,31,37H,2-3,8-12,24H2,1H3,(H,28,32)(H,29,34)(H,30,33)(H,35,36)(H4,25,26,27). The number of aromatic hydroxyl groups is 1. The lowest BCUT2D eigenvalue weighted by molar-refractivity contribution is -0.141. The van der Waals surface area contributed by atoms with Crippen LogP contribution in [0.4, 0.5) is 0 Å². The van der Waals surface area contributed by atoms with Crippen molar-refractivity contribution in [2.75, 3.05) is 24.3 Å². The number of amides is 3. The molecule has 15 heteroatoms. The van der Waals surface area contributed by atoms with Crippen LogP contribution in [0.1, 0.15) is 24.8 Å². The molecule has 3 amide bonds. The lowest BCUT2D eigenvalue weighted by atomic mass is 10.0. The zero-order chi connectivity index (χ0) is 28.7. The number of aliphatic imine (C=N–C) groups is 1. The number of carboxylic acid groups (broad SMARTS) is 1. The van der Waals surface area contributed by atoms with E-state index in [0.717, 1.165) is 5.56 Å². The van der Waals surface area contributed by atoms with Crippen molar-refractivity contribution in [3.05, 3.63) is 29.8 Å². The number of aliphatic carboxylic acids is 1. The molecular formula is C23H37N7O6S2. The van der Waals surface area contributed by atoms with Crippen LogP contribution in [0.2, 0.25) is 0 Å². The number of benzene rings is 1. The Morgan fingerprint density at radius 1 is 0.974 bits per heavy atom. The molecule has 0 radical (unpaired) electrons. The third kappa shape index (κ3) is 12.4. The number of thiol groups is 1. The molecule has 0 aliphatic carbocycles. The van der Waals surface area contributed by atoms with Crippen LogP contribution in [0.25, 0.3) is 0 Å². The molecule has 4 atom stereocenters. The van der Waals surface area contributed by atoms with Crippen molar-refractivity contribution >= 4 is 54.0 Å². The van der Waals surface area contributed by atoms with E-state index in [2.05, 4.69) is 33.6 Å². The first-order valence-electron chi connectivity index (χ1n) is 11.8. The highest BCUT2D eigenvalue weighted by atomic mass is 32.2. The molecule has 0 heterocycles. The lowest BCUT2D eigenvalue weighted by Gasteiger charge is -2.25. The minimum atomic E-state index is -1.27. The number of thioether (sulfide) groups is 1. The van der Waals surface area contributed by atoms with Gasteiger partial charge in [0.05, 0.1) is 6.04 Å². The average molecular weight is 572 g/mol. The fourth-order valence-corrected chi connectivity index (χ4v) is 3.98. The van der Waals surface area contributed by atoms with Gasteiger partial charge in [0.15, 0.2) is 5.96 Å². The van der Waals surface area contributed by atoms with Gasteiger partial charge in [0.25, 0.3) is 0 Å². The molecule has 0 saturated heterocycles. The Balaban J connectivity index is 2.96. The third-order valence-electron chi connectivity index (χ3n) is 5.35. The maximum Gasteiger partial charge on any atom is 0.327 e. The number of phenols is 1. The van der Waals surface area contributed by atoms with E-state index in [4.69, 9.17) is 17.2 Å². The molecule has 0 bridgehead atoms. The SMILES string of the molecule is CSCCC(NC(=O)C(N)Cc1ccc(O)cc1)C(=O)NC(CCCN=C(N)N)C(=O)NC(CS)C(=O)O. The molecule has 11 N–H and O–H groups in total. The Kier molecular flexibility index (Phi) is 15.0. The number of nitrogens with one attached hydrogen (secondary N) is 3. The Bertz CT molecular complexity index is 960. The number of nitrogens with two attached hydrogens (primary N) is 3. The summed E-state index contributed by atoms with van der Waals surface area (Å²) in [5.41, 5.74) is 17.4. The smallest absolute Gasteiger partial charge is 0.327 e. The molecule has 212 valence electrons. The van der Waals surface area contributed by atoms with Crippen molar-refractivity contribution in [2.45, 2.75) is 49.9 Å². The number of carbonyl (C=O) groups excluding carboxylic acids is 3. The molecule has 0 saturated carbocycles. The summed E-state index contributed by atoms with van der Waals surface area (Å²) < 4.78 is 0. The summed E-state index contributed by atoms with van der Waals surface area (Å²) in [6, 6.07) is 1.92. The molecule has 0 fully saturated rings.